The summed E-state index contributed by atoms with van der Waals surface area (Å²) in [6.07, 6.45) is 4.24. The highest BCUT2D eigenvalue weighted by atomic mass is 16.5. The molecule has 60 valence electrons. The van der Waals surface area contributed by atoms with Crippen LogP contribution in [0.3, 0.4) is 0 Å². The van der Waals surface area contributed by atoms with Gasteiger partial charge in [0.25, 0.3) is 6.26 Å². The van der Waals surface area contributed by atoms with Gasteiger partial charge in [-0.05, 0) is 12.8 Å². The lowest BCUT2D eigenvalue weighted by atomic mass is 10.0. The molecular weight excluding hydrogens is 142 g/mol. The Morgan fingerprint density at radius 1 is 1.91 bits per heavy atom. The second-order valence-corrected chi connectivity index (χ2v) is 2.14. The highest BCUT2D eigenvalue weighted by Crippen LogP contribution is 2.10. The molecule has 0 fully saturated rings. The molecule has 0 bridgehead atoms. The van der Waals surface area contributed by atoms with Crippen molar-refractivity contribution in [2.24, 2.45) is 5.92 Å². The van der Waals surface area contributed by atoms with Crippen LogP contribution in [0.25, 0.3) is 0 Å². The molecule has 0 aliphatic heterocycles. The Labute approximate surface area is 66.3 Å². The fraction of sp³-hybridized carbons (Fsp3) is 0.500. The maximum Gasteiger partial charge on any atom is 0.325 e. The molecule has 1 unspecified atom stereocenters. The first-order chi connectivity index (χ1) is 5.26. The Balaban J connectivity index is 3.93. The van der Waals surface area contributed by atoms with Crippen molar-refractivity contribution in [1.29, 1.82) is 5.26 Å². The van der Waals surface area contributed by atoms with Crippen molar-refractivity contribution in [1.82, 2.24) is 0 Å². The van der Waals surface area contributed by atoms with Crippen LogP contribution < -0.4 is 0 Å². The minimum Gasteiger partial charge on any atom is -0.351 e. The lowest BCUT2D eigenvalue weighted by Crippen LogP contribution is -2.13. The molecule has 0 spiro atoms. The summed E-state index contributed by atoms with van der Waals surface area (Å²) in [5.41, 5.74) is 0. The van der Waals surface area contributed by atoms with Crippen LogP contribution in [-0.2, 0) is 9.53 Å². The lowest BCUT2D eigenvalue weighted by molar-refractivity contribution is -0.141. The molecule has 0 aromatic rings. The van der Waals surface area contributed by atoms with E-state index in [-0.39, 0.29) is 5.92 Å². The molecule has 0 rings (SSSR count). The molecule has 0 N–H and O–H groups in total. The second kappa shape index (κ2) is 5.48. The topological polar surface area (TPSA) is 50.1 Å². The zero-order chi connectivity index (χ0) is 8.69. The molecule has 0 amide bonds. The molecule has 11 heavy (non-hydrogen) atoms. The largest absolute Gasteiger partial charge is 0.351 e. The van der Waals surface area contributed by atoms with Gasteiger partial charge >= 0.3 is 5.97 Å². The first kappa shape index (κ1) is 9.70. The molecular formula is C8H11NO2. The number of carbonyl (C=O) groups is 1. The van der Waals surface area contributed by atoms with E-state index >= 15 is 0 Å². The van der Waals surface area contributed by atoms with Gasteiger partial charge in [0, 0.05) is 0 Å². The van der Waals surface area contributed by atoms with E-state index in [9.17, 15) is 4.79 Å². The Morgan fingerprint density at radius 2 is 2.55 bits per heavy atom. The normalized spacial score (nSPS) is 11.3. The first-order valence-electron chi connectivity index (χ1n) is 3.46. The maximum atomic E-state index is 10.9. The van der Waals surface area contributed by atoms with Crippen molar-refractivity contribution >= 4 is 5.97 Å². The van der Waals surface area contributed by atoms with Gasteiger partial charge in [0.15, 0.2) is 0 Å². The fourth-order valence-corrected chi connectivity index (χ4v) is 0.759. The van der Waals surface area contributed by atoms with E-state index in [2.05, 4.69) is 11.3 Å². The number of ether oxygens (including phenoxy) is 1. The van der Waals surface area contributed by atoms with Gasteiger partial charge in [0.05, 0.1) is 5.92 Å². The number of rotatable bonds is 4. The average molecular weight is 153 g/mol. The molecule has 0 saturated heterocycles. The molecule has 0 saturated carbocycles. The van der Waals surface area contributed by atoms with E-state index in [4.69, 9.17) is 5.26 Å². The summed E-state index contributed by atoms with van der Waals surface area (Å²) < 4.78 is 4.17. The highest BCUT2D eigenvalue weighted by molar-refractivity contribution is 5.73. The van der Waals surface area contributed by atoms with Gasteiger partial charge in [0.1, 0.15) is 0 Å². The second-order valence-electron chi connectivity index (χ2n) is 2.14. The van der Waals surface area contributed by atoms with E-state index in [1.807, 2.05) is 6.92 Å². The first-order valence-corrected chi connectivity index (χ1v) is 3.46. The van der Waals surface area contributed by atoms with Gasteiger partial charge in [-0.1, -0.05) is 13.0 Å². The minimum absolute atomic E-state index is 0.216. The lowest BCUT2D eigenvalue weighted by Gasteiger charge is -2.06. The summed E-state index contributed by atoms with van der Waals surface area (Å²) in [5.74, 6) is -0.679. The van der Waals surface area contributed by atoms with Crippen LogP contribution in [0, 0.1) is 17.4 Å². The quantitative estimate of drug-likeness (QED) is 0.350. The zero-order valence-corrected chi connectivity index (χ0v) is 6.54. The molecule has 0 aliphatic rings. The third-order valence-corrected chi connectivity index (χ3v) is 1.42. The van der Waals surface area contributed by atoms with Crippen LogP contribution in [0.4, 0.5) is 0 Å². The standard InChI is InChI=1S/C8H11NO2/c1-3-5-7(4-2)8(10)11-6-9/h3,7H,1,4-5H2,2H3. The number of nitriles is 1. The molecule has 0 aromatic heterocycles. The number of hydrogen-bond acceptors (Lipinski definition) is 3. The van der Waals surface area contributed by atoms with Crippen LogP contribution in [0.5, 0.6) is 0 Å². The van der Waals surface area contributed by atoms with Gasteiger partial charge in [-0.3, -0.25) is 4.79 Å². The van der Waals surface area contributed by atoms with E-state index in [0.29, 0.717) is 12.8 Å². The van der Waals surface area contributed by atoms with E-state index < -0.39 is 5.97 Å². The Morgan fingerprint density at radius 3 is 2.91 bits per heavy atom. The van der Waals surface area contributed by atoms with Gasteiger partial charge in [0.2, 0.25) is 0 Å². The number of nitrogens with zero attached hydrogens (tertiary/aromatic N) is 1. The SMILES string of the molecule is C=CCC(CC)C(=O)OC#N. The van der Waals surface area contributed by atoms with Crippen molar-refractivity contribution in [3.05, 3.63) is 12.7 Å². The summed E-state index contributed by atoms with van der Waals surface area (Å²) in [5, 5.41) is 8.03. The number of allylic oxidation sites excluding steroid dienone is 1. The third kappa shape index (κ3) is 3.41. The molecule has 0 heterocycles. The maximum absolute atomic E-state index is 10.9. The molecule has 0 radical (unpaired) electrons. The highest BCUT2D eigenvalue weighted by Gasteiger charge is 2.15. The fourth-order valence-electron chi connectivity index (χ4n) is 0.759. The van der Waals surface area contributed by atoms with Crippen molar-refractivity contribution < 1.29 is 9.53 Å². The van der Waals surface area contributed by atoms with Gasteiger partial charge in [-0.15, -0.1) is 11.8 Å². The summed E-state index contributed by atoms with van der Waals surface area (Å²) in [6, 6.07) is 0. The van der Waals surface area contributed by atoms with Crippen molar-refractivity contribution in [2.75, 3.05) is 0 Å². The van der Waals surface area contributed by atoms with Crippen molar-refractivity contribution in [3.63, 3.8) is 0 Å². The van der Waals surface area contributed by atoms with Crippen LogP contribution in [0.2, 0.25) is 0 Å². The van der Waals surface area contributed by atoms with Crippen molar-refractivity contribution in [3.8, 4) is 6.26 Å². The van der Waals surface area contributed by atoms with Gasteiger partial charge < -0.3 is 4.74 Å². The Kier molecular flexibility index (Phi) is 4.83. The number of carbonyl (C=O) groups excluding carboxylic acids is 1. The summed E-state index contributed by atoms with van der Waals surface area (Å²) in [6.45, 7) is 5.37. The molecule has 0 aromatic carbocycles. The summed E-state index contributed by atoms with van der Waals surface area (Å²) >= 11 is 0. The zero-order valence-electron chi connectivity index (χ0n) is 6.54. The Bertz CT molecular complexity index is 181. The molecule has 3 nitrogen and oxygen atoms in total. The van der Waals surface area contributed by atoms with E-state index in [1.165, 1.54) is 6.26 Å². The third-order valence-electron chi connectivity index (χ3n) is 1.42. The predicted octanol–water partition coefficient (Wildman–Crippen LogP) is 1.61. The molecule has 1 atom stereocenters. The summed E-state index contributed by atoms with van der Waals surface area (Å²) in [4.78, 5) is 10.9. The minimum atomic E-state index is -0.463. The van der Waals surface area contributed by atoms with E-state index in [0.717, 1.165) is 0 Å². The van der Waals surface area contributed by atoms with Gasteiger partial charge in [-0.25, -0.2) is 0 Å². The van der Waals surface area contributed by atoms with Crippen molar-refractivity contribution in [2.45, 2.75) is 19.8 Å². The van der Waals surface area contributed by atoms with E-state index in [1.54, 1.807) is 6.08 Å². The molecule has 0 aliphatic carbocycles. The molecule has 3 heteroatoms. The number of hydrogen-bond donors (Lipinski definition) is 0. The Hall–Kier alpha value is -1.30. The van der Waals surface area contributed by atoms with Crippen LogP contribution >= 0.6 is 0 Å². The van der Waals surface area contributed by atoms with Crippen LogP contribution in [-0.4, -0.2) is 5.97 Å². The summed E-state index contributed by atoms with van der Waals surface area (Å²) in [7, 11) is 0. The predicted molar refractivity (Wildman–Crippen MR) is 40.3 cm³/mol. The average Bonchev–Trinajstić information content (AvgIpc) is 2.00. The monoisotopic (exact) mass is 153 g/mol. The number of esters is 1. The van der Waals surface area contributed by atoms with Crippen LogP contribution in [0.15, 0.2) is 12.7 Å². The van der Waals surface area contributed by atoms with Gasteiger partial charge in [-0.2, -0.15) is 0 Å². The smallest absolute Gasteiger partial charge is 0.325 e. The van der Waals surface area contributed by atoms with Crippen LogP contribution in [0.1, 0.15) is 19.8 Å².